The van der Waals surface area contributed by atoms with Gasteiger partial charge in [-0.3, -0.25) is 0 Å². The van der Waals surface area contributed by atoms with Gasteiger partial charge in [-0.25, -0.2) is 4.79 Å². The van der Waals surface area contributed by atoms with Gasteiger partial charge >= 0.3 is 5.97 Å². The molecule has 1 aliphatic heterocycles. The third-order valence-electron chi connectivity index (χ3n) is 5.25. The first-order chi connectivity index (χ1) is 16.4. The number of nitrogens with two attached hydrogens (primary N) is 1. The van der Waals surface area contributed by atoms with Crippen LogP contribution in [0.1, 0.15) is 40.7 Å². The van der Waals surface area contributed by atoms with Gasteiger partial charge in [0.25, 0.3) is 0 Å². The summed E-state index contributed by atoms with van der Waals surface area (Å²) in [7, 11) is 0. The number of nitriles is 1. The van der Waals surface area contributed by atoms with Crippen LogP contribution in [0.4, 0.5) is 0 Å². The fourth-order valence-corrected chi connectivity index (χ4v) is 4.27. The average Bonchev–Trinajstić information content (AvgIpc) is 2.82. The van der Waals surface area contributed by atoms with E-state index in [2.05, 4.69) is 6.07 Å². The first-order valence-corrected chi connectivity index (χ1v) is 11.3. The van der Waals surface area contributed by atoms with Crippen LogP contribution in [0.25, 0.3) is 0 Å². The molecule has 3 aromatic rings. The van der Waals surface area contributed by atoms with Crippen LogP contribution in [0.15, 0.2) is 72.1 Å². The number of hydrogen-bond donors (Lipinski definition) is 1. The van der Waals surface area contributed by atoms with Crippen molar-refractivity contribution in [1.82, 2.24) is 0 Å². The molecular formula is C26H20Cl2N2O4. The lowest BCUT2D eigenvalue weighted by molar-refractivity contribution is 0.0734. The number of fused-ring (bicyclic) bond motifs is 1. The Labute approximate surface area is 207 Å². The second kappa shape index (κ2) is 10.1. The molecule has 172 valence electrons. The van der Waals surface area contributed by atoms with E-state index in [1.54, 1.807) is 60.7 Å². The van der Waals surface area contributed by atoms with Crippen LogP contribution in [0.2, 0.25) is 10.0 Å². The number of ether oxygens (including phenoxy) is 3. The third-order valence-corrected chi connectivity index (χ3v) is 5.91. The normalized spacial score (nSPS) is 14.6. The van der Waals surface area contributed by atoms with Gasteiger partial charge in [0.2, 0.25) is 5.88 Å². The second-order valence-electron chi connectivity index (χ2n) is 7.52. The van der Waals surface area contributed by atoms with E-state index in [9.17, 15) is 10.1 Å². The molecule has 0 fully saturated rings. The first kappa shape index (κ1) is 23.5. The lowest BCUT2D eigenvalue weighted by atomic mass is 9.83. The predicted molar refractivity (Wildman–Crippen MR) is 129 cm³/mol. The van der Waals surface area contributed by atoms with Gasteiger partial charge in [-0.2, -0.15) is 5.26 Å². The summed E-state index contributed by atoms with van der Waals surface area (Å²) in [4.78, 5) is 12.6. The first-order valence-electron chi connectivity index (χ1n) is 10.5. The Kier molecular flexibility index (Phi) is 6.97. The van der Waals surface area contributed by atoms with E-state index in [0.29, 0.717) is 44.8 Å². The number of allylic oxidation sites excluding steroid dienone is 1. The summed E-state index contributed by atoms with van der Waals surface area (Å²) in [5.74, 6) is 0.0426. The maximum atomic E-state index is 12.6. The molecule has 1 aliphatic rings. The summed E-state index contributed by atoms with van der Waals surface area (Å²) < 4.78 is 16.8. The number of halogens is 2. The molecule has 0 aliphatic carbocycles. The van der Waals surface area contributed by atoms with Crippen molar-refractivity contribution >= 4 is 29.2 Å². The van der Waals surface area contributed by atoms with Gasteiger partial charge in [-0.05, 0) is 48.9 Å². The van der Waals surface area contributed by atoms with Gasteiger partial charge in [0.05, 0.1) is 18.1 Å². The van der Waals surface area contributed by atoms with Crippen molar-refractivity contribution in [2.75, 3.05) is 6.61 Å². The highest BCUT2D eigenvalue weighted by Crippen LogP contribution is 2.47. The van der Waals surface area contributed by atoms with Crippen LogP contribution in [0.5, 0.6) is 17.2 Å². The molecule has 34 heavy (non-hydrogen) atoms. The van der Waals surface area contributed by atoms with E-state index in [1.165, 1.54) is 0 Å². The van der Waals surface area contributed by atoms with Crippen LogP contribution in [-0.2, 0) is 0 Å². The molecule has 0 saturated heterocycles. The van der Waals surface area contributed by atoms with Crippen molar-refractivity contribution in [3.05, 3.63) is 98.9 Å². The zero-order chi connectivity index (χ0) is 24.2. The van der Waals surface area contributed by atoms with Crippen LogP contribution >= 0.6 is 23.2 Å². The molecule has 6 nitrogen and oxygen atoms in total. The lowest BCUT2D eigenvalue weighted by Gasteiger charge is -2.27. The average molecular weight is 495 g/mol. The van der Waals surface area contributed by atoms with Crippen molar-refractivity contribution in [2.24, 2.45) is 5.73 Å². The number of hydrogen-bond acceptors (Lipinski definition) is 6. The smallest absolute Gasteiger partial charge is 0.343 e. The van der Waals surface area contributed by atoms with Crippen molar-refractivity contribution in [2.45, 2.75) is 19.3 Å². The largest absolute Gasteiger partial charge is 0.494 e. The number of carbonyl (C=O) groups is 1. The molecule has 1 unspecified atom stereocenters. The summed E-state index contributed by atoms with van der Waals surface area (Å²) >= 11 is 12.9. The topological polar surface area (TPSA) is 94.6 Å². The van der Waals surface area contributed by atoms with Crippen molar-refractivity contribution in [3.8, 4) is 23.3 Å². The zero-order valence-electron chi connectivity index (χ0n) is 18.2. The molecule has 1 heterocycles. The Morgan fingerprint density at radius 2 is 1.76 bits per heavy atom. The molecular weight excluding hydrogens is 475 g/mol. The molecule has 2 N–H and O–H groups in total. The van der Waals surface area contributed by atoms with Gasteiger partial charge < -0.3 is 19.9 Å². The van der Waals surface area contributed by atoms with Crippen molar-refractivity contribution < 1.29 is 19.0 Å². The van der Waals surface area contributed by atoms with Crippen LogP contribution < -0.4 is 19.9 Å². The SMILES string of the molecule is CCCOc1ccc(C(=O)Oc2ccc3c(c2)OC(N)=C(C#N)C3c2c(Cl)cccc2Cl)cc1. The van der Waals surface area contributed by atoms with E-state index in [-0.39, 0.29) is 17.2 Å². The van der Waals surface area contributed by atoms with Gasteiger partial charge in [-0.15, -0.1) is 0 Å². The van der Waals surface area contributed by atoms with Gasteiger partial charge in [0.1, 0.15) is 28.9 Å². The summed E-state index contributed by atoms with van der Waals surface area (Å²) in [6.07, 6.45) is 0.892. The van der Waals surface area contributed by atoms with Gasteiger partial charge in [-0.1, -0.05) is 42.3 Å². The fraction of sp³-hybridized carbons (Fsp3) is 0.154. The Balaban J connectivity index is 1.63. The number of carbonyl (C=O) groups excluding carboxylic acids is 1. The van der Waals surface area contributed by atoms with E-state index < -0.39 is 11.9 Å². The standard InChI is InChI=1S/C26H20Cl2N2O4/c1-2-12-32-16-8-6-15(7-9-16)26(31)33-17-10-11-18-22(13-17)34-25(30)19(14-29)23(18)24-20(27)4-3-5-21(24)28/h3-11,13,23H,2,12,30H2,1H3. The minimum absolute atomic E-state index is 0.0675. The number of esters is 1. The highest BCUT2D eigenvalue weighted by Gasteiger charge is 2.33. The maximum absolute atomic E-state index is 12.6. The predicted octanol–water partition coefficient (Wildman–Crippen LogP) is 6.22. The quantitative estimate of drug-likeness (QED) is 0.322. The van der Waals surface area contributed by atoms with E-state index >= 15 is 0 Å². The maximum Gasteiger partial charge on any atom is 0.343 e. The Bertz CT molecular complexity index is 1290. The summed E-state index contributed by atoms with van der Waals surface area (Å²) in [6.45, 7) is 2.62. The van der Waals surface area contributed by atoms with Crippen LogP contribution in [0.3, 0.4) is 0 Å². The number of rotatable bonds is 6. The molecule has 0 saturated carbocycles. The molecule has 0 spiro atoms. The monoisotopic (exact) mass is 494 g/mol. The zero-order valence-corrected chi connectivity index (χ0v) is 19.7. The van der Waals surface area contributed by atoms with Crippen LogP contribution in [0, 0.1) is 11.3 Å². The third kappa shape index (κ3) is 4.67. The van der Waals surface area contributed by atoms with Crippen molar-refractivity contribution in [3.63, 3.8) is 0 Å². The Morgan fingerprint density at radius 1 is 1.09 bits per heavy atom. The minimum Gasteiger partial charge on any atom is -0.494 e. The molecule has 0 amide bonds. The Morgan fingerprint density at radius 3 is 2.41 bits per heavy atom. The van der Waals surface area contributed by atoms with Gasteiger partial charge in [0.15, 0.2) is 0 Å². The number of benzene rings is 3. The van der Waals surface area contributed by atoms with Gasteiger partial charge in [0, 0.05) is 27.2 Å². The Hall–Kier alpha value is -3.66. The van der Waals surface area contributed by atoms with E-state index in [1.807, 2.05) is 6.92 Å². The summed E-state index contributed by atoms with van der Waals surface area (Å²) in [5, 5.41) is 10.5. The fourth-order valence-electron chi connectivity index (χ4n) is 3.66. The minimum atomic E-state index is -0.629. The van der Waals surface area contributed by atoms with Crippen molar-refractivity contribution in [1.29, 1.82) is 5.26 Å². The molecule has 0 bridgehead atoms. The number of nitrogens with zero attached hydrogens (tertiary/aromatic N) is 1. The van der Waals surface area contributed by atoms with Crippen LogP contribution in [-0.4, -0.2) is 12.6 Å². The second-order valence-corrected chi connectivity index (χ2v) is 8.34. The van der Waals surface area contributed by atoms with E-state index in [4.69, 9.17) is 43.1 Å². The molecule has 8 heteroatoms. The molecule has 1 atom stereocenters. The molecule has 0 aromatic heterocycles. The molecule has 4 rings (SSSR count). The molecule has 3 aromatic carbocycles. The highest BCUT2D eigenvalue weighted by atomic mass is 35.5. The lowest BCUT2D eigenvalue weighted by Crippen LogP contribution is -2.21. The molecule has 0 radical (unpaired) electrons. The highest BCUT2D eigenvalue weighted by molar-refractivity contribution is 6.36. The summed E-state index contributed by atoms with van der Waals surface area (Å²) in [5.41, 5.74) is 7.78. The van der Waals surface area contributed by atoms with E-state index in [0.717, 1.165) is 6.42 Å². The summed E-state index contributed by atoms with van der Waals surface area (Å²) in [6, 6.07) is 18.8.